The maximum absolute atomic E-state index is 12.9. The third-order valence-electron chi connectivity index (χ3n) is 5.58. The van der Waals surface area contributed by atoms with Crippen LogP contribution < -0.4 is 5.73 Å². The van der Waals surface area contributed by atoms with E-state index in [0.29, 0.717) is 5.92 Å². The summed E-state index contributed by atoms with van der Waals surface area (Å²) in [6.07, 6.45) is 5.41. The Morgan fingerprint density at radius 1 is 0.966 bits per heavy atom. The van der Waals surface area contributed by atoms with E-state index < -0.39 is 0 Å². The molecule has 2 heterocycles. The average Bonchev–Trinajstić information content (AvgIpc) is 2.79. The van der Waals surface area contributed by atoms with Crippen LogP contribution in [0, 0.1) is 5.41 Å². The van der Waals surface area contributed by atoms with E-state index in [-0.39, 0.29) is 11.7 Å². The lowest BCUT2D eigenvalue weighted by Crippen LogP contribution is -2.37. The minimum absolute atomic E-state index is 0.0821. The van der Waals surface area contributed by atoms with Crippen molar-refractivity contribution in [2.45, 2.75) is 18.8 Å². The maximum atomic E-state index is 12.9. The van der Waals surface area contributed by atoms with Gasteiger partial charge in [-0.1, -0.05) is 36.4 Å². The van der Waals surface area contributed by atoms with Crippen molar-refractivity contribution in [3.63, 3.8) is 0 Å². The number of aromatic nitrogens is 1. The number of likely N-dealkylation sites (tertiary alicyclic amines) is 1. The highest BCUT2D eigenvalue weighted by Gasteiger charge is 2.24. The van der Waals surface area contributed by atoms with E-state index in [9.17, 15) is 4.79 Å². The molecule has 1 aromatic heterocycles. The number of carbonyl (C=O) groups excluding carboxylic acids is 1. The van der Waals surface area contributed by atoms with E-state index in [0.717, 1.165) is 48.2 Å². The number of carbonyl (C=O) groups is 1. The number of nitrogens with zero attached hydrogens (tertiary/aromatic N) is 2. The lowest BCUT2D eigenvalue weighted by Gasteiger charge is -2.32. The quantitative estimate of drug-likeness (QED) is 0.526. The predicted octanol–water partition coefficient (Wildman–Crippen LogP) is 4.05. The summed E-state index contributed by atoms with van der Waals surface area (Å²) in [6, 6.07) is 19.6. The van der Waals surface area contributed by atoms with Crippen LogP contribution in [0.3, 0.4) is 0 Å². The van der Waals surface area contributed by atoms with Gasteiger partial charge in [-0.25, -0.2) is 0 Å². The summed E-state index contributed by atoms with van der Waals surface area (Å²) in [5.74, 6) is 0.569. The van der Waals surface area contributed by atoms with Crippen LogP contribution in [0.1, 0.15) is 40.2 Å². The molecule has 5 nitrogen and oxygen atoms in total. The molecule has 2 aromatic carbocycles. The van der Waals surface area contributed by atoms with Crippen molar-refractivity contribution >= 4 is 11.7 Å². The zero-order valence-corrected chi connectivity index (χ0v) is 16.2. The van der Waals surface area contributed by atoms with Gasteiger partial charge in [0.05, 0.1) is 0 Å². The number of amides is 1. The molecule has 4 rings (SSSR count). The van der Waals surface area contributed by atoms with Crippen LogP contribution in [-0.4, -0.2) is 34.7 Å². The molecule has 29 heavy (non-hydrogen) atoms. The summed E-state index contributed by atoms with van der Waals surface area (Å²) in [7, 11) is 0. The summed E-state index contributed by atoms with van der Waals surface area (Å²) < 4.78 is 0. The standard InChI is InChI=1S/C24H24N4O/c25-23(26)21-4-1-3-20(15-21)18-10-13-28(14-11-18)24(29)19-8-6-17(7-9-19)22-5-2-12-27-16-22/h1-9,12,15-16,18H,10-11,13-14H2,(H3,25,26). The summed E-state index contributed by atoms with van der Waals surface area (Å²) in [5, 5.41) is 7.62. The van der Waals surface area contributed by atoms with E-state index in [1.54, 1.807) is 6.20 Å². The van der Waals surface area contributed by atoms with E-state index in [2.05, 4.69) is 11.1 Å². The number of pyridine rings is 1. The van der Waals surface area contributed by atoms with Crippen LogP contribution in [0.25, 0.3) is 11.1 Å². The van der Waals surface area contributed by atoms with Crippen LogP contribution in [0.15, 0.2) is 73.1 Å². The van der Waals surface area contributed by atoms with Gasteiger partial charge in [0.2, 0.25) is 0 Å². The van der Waals surface area contributed by atoms with Crippen molar-refractivity contribution in [1.82, 2.24) is 9.88 Å². The van der Waals surface area contributed by atoms with E-state index in [1.807, 2.05) is 65.7 Å². The number of piperidine rings is 1. The molecule has 1 amide bonds. The molecule has 0 saturated carbocycles. The second-order valence-corrected chi connectivity index (χ2v) is 7.42. The molecule has 1 saturated heterocycles. The van der Waals surface area contributed by atoms with Gasteiger partial charge in [0.25, 0.3) is 5.91 Å². The smallest absolute Gasteiger partial charge is 0.253 e. The van der Waals surface area contributed by atoms with Crippen molar-refractivity contribution in [2.24, 2.45) is 5.73 Å². The first kappa shape index (κ1) is 18.9. The zero-order chi connectivity index (χ0) is 20.2. The van der Waals surface area contributed by atoms with Crippen LogP contribution in [0.4, 0.5) is 0 Å². The number of hydrogen-bond acceptors (Lipinski definition) is 3. The van der Waals surface area contributed by atoms with Crippen molar-refractivity contribution in [2.75, 3.05) is 13.1 Å². The highest BCUT2D eigenvalue weighted by molar-refractivity contribution is 5.95. The Morgan fingerprint density at radius 2 is 1.72 bits per heavy atom. The monoisotopic (exact) mass is 384 g/mol. The summed E-state index contributed by atoms with van der Waals surface area (Å²) in [4.78, 5) is 19.0. The normalized spacial score (nSPS) is 14.6. The molecule has 1 aliphatic heterocycles. The highest BCUT2D eigenvalue weighted by atomic mass is 16.2. The largest absolute Gasteiger partial charge is 0.384 e. The molecule has 0 atom stereocenters. The Balaban J connectivity index is 1.40. The van der Waals surface area contributed by atoms with Gasteiger partial charge in [-0.2, -0.15) is 0 Å². The van der Waals surface area contributed by atoms with Gasteiger partial charge >= 0.3 is 0 Å². The molecule has 0 unspecified atom stereocenters. The third-order valence-corrected chi connectivity index (χ3v) is 5.58. The minimum atomic E-state index is 0.0821. The van der Waals surface area contributed by atoms with Crippen LogP contribution in [0.2, 0.25) is 0 Å². The number of amidine groups is 1. The van der Waals surface area contributed by atoms with Gasteiger partial charge in [0.1, 0.15) is 5.84 Å². The average molecular weight is 384 g/mol. The number of rotatable bonds is 4. The first-order valence-electron chi connectivity index (χ1n) is 9.86. The molecular formula is C24H24N4O. The van der Waals surface area contributed by atoms with Gasteiger partial charge in [0.15, 0.2) is 0 Å². The lowest BCUT2D eigenvalue weighted by atomic mass is 9.88. The summed E-state index contributed by atoms with van der Waals surface area (Å²) in [5.41, 5.74) is 10.4. The molecule has 0 aliphatic carbocycles. The fourth-order valence-electron chi connectivity index (χ4n) is 3.90. The van der Waals surface area contributed by atoms with E-state index >= 15 is 0 Å². The van der Waals surface area contributed by atoms with Crippen LogP contribution in [0.5, 0.6) is 0 Å². The van der Waals surface area contributed by atoms with Crippen LogP contribution in [-0.2, 0) is 0 Å². The zero-order valence-electron chi connectivity index (χ0n) is 16.2. The Labute approximate surface area is 170 Å². The van der Waals surface area contributed by atoms with Crippen molar-refractivity contribution in [3.8, 4) is 11.1 Å². The van der Waals surface area contributed by atoms with E-state index in [4.69, 9.17) is 11.1 Å². The molecule has 1 fully saturated rings. The van der Waals surface area contributed by atoms with Gasteiger partial charge in [0, 0.05) is 36.6 Å². The molecule has 0 radical (unpaired) electrons. The maximum Gasteiger partial charge on any atom is 0.253 e. The number of hydrogen-bond donors (Lipinski definition) is 2. The lowest BCUT2D eigenvalue weighted by molar-refractivity contribution is 0.0713. The fraction of sp³-hybridized carbons (Fsp3) is 0.208. The number of benzene rings is 2. The van der Waals surface area contributed by atoms with Gasteiger partial charge in [-0.15, -0.1) is 0 Å². The van der Waals surface area contributed by atoms with Crippen molar-refractivity contribution < 1.29 is 4.79 Å². The Hall–Kier alpha value is -3.47. The second-order valence-electron chi connectivity index (χ2n) is 7.42. The molecule has 1 aliphatic rings. The molecule has 146 valence electrons. The molecule has 5 heteroatoms. The molecular weight excluding hydrogens is 360 g/mol. The second kappa shape index (κ2) is 8.27. The van der Waals surface area contributed by atoms with Gasteiger partial charge < -0.3 is 10.6 Å². The minimum Gasteiger partial charge on any atom is -0.384 e. The molecule has 3 aromatic rings. The fourth-order valence-corrected chi connectivity index (χ4v) is 3.90. The summed E-state index contributed by atoms with van der Waals surface area (Å²) >= 11 is 0. The van der Waals surface area contributed by atoms with Crippen molar-refractivity contribution in [3.05, 3.63) is 89.7 Å². The number of nitrogens with one attached hydrogen (secondary N) is 1. The Bertz CT molecular complexity index is 1010. The summed E-state index contributed by atoms with van der Waals surface area (Å²) in [6.45, 7) is 1.47. The molecule has 0 bridgehead atoms. The van der Waals surface area contributed by atoms with E-state index in [1.165, 1.54) is 5.56 Å². The number of nitrogen functional groups attached to an aromatic ring is 1. The van der Waals surface area contributed by atoms with Gasteiger partial charge in [-0.05, 0) is 59.7 Å². The topological polar surface area (TPSA) is 83.1 Å². The predicted molar refractivity (Wildman–Crippen MR) is 115 cm³/mol. The Morgan fingerprint density at radius 3 is 2.38 bits per heavy atom. The third kappa shape index (κ3) is 4.19. The van der Waals surface area contributed by atoms with Crippen LogP contribution >= 0.6 is 0 Å². The SMILES string of the molecule is N=C(N)c1cccc(C2CCN(C(=O)c3ccc(-c4cccnc4)cc3)CC2)c1. The molecule has 3 N–H and O–H groups in total. The van der Waals surface area contributed by atoms with Gasteiger partial charge in [-0.3, -0.25) is 15.2 Å². The Kier molecular flexibility index (Phi) is 5.38. The first-order chi connectivity index (χ1) is 14.1. The number of nitrogens with two attached hydrogens (primary N) is 1. The molecule has 0 spiro atoms. The van der Waals surface area contributed by atoms with Crippen molar-refractivity contribution in [1.29, 1.82) is 5.41 Å². The highest BCUT2D eigenvalue weighted by Crippen LogP contribution is 2.29. The first-order valence-corrected chi connectivity index (χ1v) is 9.86.